The van der Waals surface area contributed by atoms with E-state index in [-0.39, 0.29) is 29.4 Å². The van der Waals surface area contributed by atoms with Crippen LogP contribution in [0.15, 0.2) is 30.9 Å². The highest BCUT2D eigenvalue weighted by atomic mass is 35.5. The molecule has 0 N–H and O–H groups in total. The Labute approximate surface area is 175 Å². The van der Waals surface area contributed by atoms with Gasteiger partial charge in [0.1, 0.15) is 0 Å². The van der Waals surface area contributed by atoms with Crippen molar-refractivity contribution in [3.05, 3.63) is 46.5 Å². The minimum Gasteiger partial charge on any atom is -0.342 e. The van der Waals surface area contributed by atoms with Crippen LogP contribution in [0.1, 0.15) is 36.0 Å². The molecule has 5 nitrogen and oxygen atoms in total. The third kappa shape index (κ3) is 4.58. The molecule has 0 spiro atoms. The zero-order chi connectivity index (χ0) is 20.3. The highest BCUT2D eigenvalue weighted by molar-refractivity contribution is 6.42. The van der Waals surface area contributed by atoms with Crippen molar-refractivity contribution in [3.63, 3.8) is 0 Å². The van der Waals surface area contributed by atoms with Crippen LogP contribution in [0, 0.1) is 11.8 Å². The Hall–Kier alpha value is -1.85. The highest BCUT2D eigenvalue weighted by Crippen LogP contribution is 2.28. The smallest absolute Gasteiger partial charge is 0.245 e. The standard InChI is InChI=1S/C21H24Cl2N2O3/c1-2-19(26)24-9-7-15(8-10-24)21(28)25-11-5-14(6-12-25)20(27)16-3-4-17(22)18(23)13-16/h2-4,13-15H,1,5-12H2. The van der Waals surface area contributed by atoms with Gasteiger partial charge >= 0.3 is 0 Å². The summed E-state index contributed by atoms with van der Waals surface area (Å²) in [6, 6.07) is 4.95. The number of benzene rings is 1. The van der Waals surface area contributed by atoms with Crippen molar-refractivity contribution >= 4 is 40.8 Å². The fourth-order valence-electron chi connectivity index (χ4n) is 3.98. The molecule has 28 heavy (non-hydrogen) atoms. The highest BCUT2D eigenvalue weighted by Gasteiger charge is 2.33. The zero-order valence-corrected chi connectivity index (χ0v) is 17.2. The lowest BCUT2D eigenvalue weighted by atomic mass is 9.87. The van der Waals surface area contributed by atoms with E-state index < -0.39 is 0 Å². The van der Waals surface area contributed by atoms with Gasteiger partial charge in [-0.1, -0.05) is 29.8 Å². The van der Waals surface area contributed by atoms with Gasteiger partial charge in [0.15, 0.2) is 5.78 Å². The molecule has 7 heteroatoms. The number of halogens is 2. The number of amides is 2. The fraction of sp³-hybridized carbons (Fsp3) is 0.476. The Kier molecular flexibility index (Phi) is 6.78. The lowest BCUT2D eigenvalue weighted by Gasteiger charge is -2.36. The average molecular weight is 423 g/mol. The Morgan fingerprint density at radius 2 is 1.46 bits per heavy atom. The molecule has 2 saturated heterocycles. The van der Waals surface area contributed by atoms with Crippen molar-refractivity contribution in [2.45, 2.75) is 25.7 Å². The predicted molar refractivity (Wildman–Crippen MR) is 110 cm³/mol. The van der Waals surface area contributed by atoms with E-state index in [2.05, 4.69) is 6.58 Å². The molecular weight excluding hydrogens is 399 g/mol. The minimum atomic E-state index is -0.103. The molecule has 0 unspecified atom stereocenters. The van der Waals surface area contributed by atoms with Crippen molar-refractivity contribution in [1.29, 1.82) is 0 Å². The van der Waals surface area contributed by atoms with Gasteiger partial charge in [-0.05, 0) is 50.0 Å². The third-order valence-corrected chi connectivity index (χ3v) is 6.45. The maximum absolute atomic E-state index is 12.8. The maximum Gasteiger partial charge on any atom is 0.245 e. The first-order chi connectivity index (χ1) is 13.4. The Balaban J connectivity index is 1.51. The van der Waals surface area contributed by atoms with E-state index in [0.29, 0.717) is 67.5 Å². The largest absolute Gasteiger partial charge is 0.342 e. The van der Waals surface area contributed by atoms with Gasteiger partial charge in [0.2, 0.25) is 11.8 Å². The summed E-state index contributed by atoms with van der Waals surface area (Å²) >= 11 is 11.9. The van der Waals surface area contributed by atoms with Crippen LogP contribution in [-0.2, 0) is 9.59 Å². The summed E-state index contributed by atoms with van der Waals surface area (Å²) in [5, 5.41) is 0.806. The summed E-state index contributed by atoms with van der Waals surface area (Å²) in [5.41, 5.74) is 0.568. The van der Waals surface area contributed by atoms with Gasteiger partial charge in [0, 0.05) is 43.6 Å². The molecular formula is C21H24Cl2N2O3. The molecule has 0 radical (unpaired) electrons. The minimum absolute atomic E-state index is 0.0452. The average Bonchev–Trinajstić information content (AvgIpc) is 2.74. The second-order valence-corrected chi connectivity index (χ2v) is 8.21. The lowest BCUT2D eigenvalue weighted by Crippen LogP contribution is -2.47. The molecule has 1 aromatic rings. The van der Waals surface area contributed by atoms with E-state index in [0.717, 1.165) is 0 Å². The van der Waals surface area contributed by atoms with Gasteiger partial charge < -0.3 is 9.80 Å². The van der Waals surface area contributed by atoms with Crippen molar-refractivity contribution in [2.75, 3.05) is 26.2 Å². The summed E-state index contributed by atoms with van der Waals surface area (Å²) in [7, 11) is 0. The monoisotopic (exact) mass is 422 g/mol. The molecule has 2 fully saturated rings. The predicted octanol–water partition coefficient (Wildman–Crippen LogP) is 3.84. The first-order valence-electron chi connectivity index (χ1n) is 9.60. The van der Waals surface area contributed by atoms with E-state index in [4.69, 9.17) is 23.2 Å². The van der Waals surface area contributed by atoms with Crippen LogP contribution in [0.2, 0.25) is 10.0 Å². The van der Waals surface area contributed by atoms with Crippen molar-refractivity contribution in [2.24, 2.45) is 11.8 Å². The summed E-state index contributed by atoms with van der Waals surface area (Å²) in [6.45, 7) is 5.86. The number of likely N-dealkylation sites (tertiary alicyclic amines) is 2. The molecule has 2 aliphatic rings. The Bertz CT molecular complexity index is 780. The van der Waals surface area contributed by atoms with Crippen LogP contribution in [0.25, 0.3) is 0 Å². The summed E-state index contributed by atoms with van der Waals surface area (Å²) in [4.78, 5) is 40.8. The summed E-state index contributed by atoms with van der Waals surface area (Å²) in [6.07, 6.45) is 3.98. The third-order valence-electron chi connectivity index (χ3n) is 5.71. The molecule has 0 aromatic heterocycles. The second kappa shape index (κ2) is 9.10. The second-order valence-electron chi connectivity index (χ2n) is 7.40. The van der Waals surface area contributed by atoms with E-state index in [1.54, 1.807) is 23.1 Å². The van der Waals surface area contributed by atoms with Gasteiger partial charge in [-0.3, -0.25) is 14.4 Å². The molecule has 0 aliphatic carbocycles. The van der Waals surface area contributed by atoms with Crippen molar-refractivity contribution in [1.82, 2.24) is 9.80 Å². The van der Waals surface area contributed by atoms with Crippen LogP contribution < -0.4 is 0 Å². The number of Topliss-reactive ketones (excluding diaryl/α,β-unsaturated/α-hetero) is 1. The Morgan fingerprint density at radius 1 is 0.893 bits per heavy atom. The van der Waals surface area contributed by atoms with E-state index in [9.17, 15) is 14.4 Å². The molecule has 1 aromatic carbocycles. The zero-order valence-electron chi connectivity index (χ0n) is 15.7. The summed E-state index contributed by atoms with van der Waals surface area (Å²) in [5.74, 6) is -0.0230. The van der Waals surface area contributed by atoms with Crippen LogP contribution in [0.4, 0.5) is 0 Å². The number of hydrogen-bond donors (Lipinski definition) is 0. The number of ketones is 1. The van der Waals surface area contributed by atoms with E-state index in [1.807, 2.05) is 4.90 Å². The van der Waals surface area contributed by atoms with Gasteiger partial charge in [0.25, 0.3) is 0 Å². The van der Waals surface area contributed by atoms with Crippen molar-refractivity contribution < 1.29 is 14.4 Å². The first-order valence-corrected chi connectivity index (χ1v) is 10.4. The normalized spacial score (nSPS) is 18.8. The molecule has 3 rings (SSSR count). The van der Waals surface area contributed by atoms with Crippen LogP contribution in [0.5, 0.6) is 0 Å². The van der Waals surface area contributed by atoms with E-state index >= 15 is 0 Å². The van der Waals surface area contributed by atoms with Gasteiger partial charge in [-0.25, -0.2) is 0 Å². The molecule has 150 valence electrons. The molecule has 0 atom stereocenters. The number of hydrogen-bond acceptors (Lipinski definition) is 3. The maximum atomic E-state index is 12.8. The fourth-order valence-corrected chi connectivity index (χ4v) is 4.28. The number of carbonyl (C=O) groups is 3. The van der Waals surface area contributed by atoms with E-state index in [1.165, 1.54) is 6.08 Å². The molecule has 0 bridgehead atoms. The quantitative estimate of drug-likeness (QED) is 0.546. The topological polar surface area (TPSA) is 57.7 Å². The van der Waals surface area contributed by atoms with Crippen LogP contribution in [0.3, 0.4) is 0 Å². The van der Waals surface area contributed by atoms with Crippen LogP contribution in [-0.4, -0.2) is 53.6 Å². The van der Waals surface area contributed by atoms with Gasteiger partial charge in [-0.2, -0.15) is 0 Å². The van der Waals surface area contributed by atoms with Gasteiger partial charge in [-0.15, -0.1) is 0 Å². The first kappa shape index (κ1) is 20.9. The number of rotatable bonds is 4. The lowest BCUT2D eigenvalue weighted by molar-refractivity contribution is -0.140. The van der Waals surface area contributed by atoms with Crippen LogP contribution >= 0.6 is 23.2 Å². The number of nitrogens with zero attached hydrogens (tertiary/aromatic N) is 2. The molecule has 2 aliphatic heterocycles. The SMILES string of the molecule is C=CC(=O)N1CCC(C(=O)N2CCC(C(=O)c3ccc(Cl)c(Cl)c3)CC2)CC1. The molecule has 0 saturated carbocycles. The van der Waals surface area contributed by atoms with Gasteiger partial charge in [0.05, 0.1) is 10.0 Å². The number of carbonyl (C=O) groups excluding carboxylic acids is 3. The summed E-state index contributed by atoms with van der Waals surface area (Å²) < 4.78 is 0. The number of piperidine rings is 2. The Morgan fingerprint density at radius 3 is 2.04 bits per heavy atom. The van der Waals surface area contributed by atoms with Crippen molar-refractivity contribution in [3.8, 4) is 0 Å². The molecule has 2 heterocycles. The molecule has 2 amide bonds.